The maximum absolute atomic E-state index is 11.9. The van der Waals surface area contributed by atoms with Gasteiger partial charge >= 0.3 is 12.0 Å². The van der Waals surface area contributed by atoms with Crippen molar-refractivity contribution in [1.29, 1.82) is 0 Å². The molecule has 0 bridgehead atoms. The fourth-order valence-corrected chi connectivity index (χ4v) is 2.11. The third-order valence-electron chi connectivity index (χ3n) is 3.14. The highest BCUT2D eigenvalue weighted by Gasteiger charge is 2.33. The van der Waals surface area contributed by atoms with Gasteiger partial charge in [0.25, 0.3) is 0 Å². The molecule has 7 nitrogen and oxygen atoms in total. The van der Waals surface area contributed by atoms with Crippen LogP contribution in [0.1, 0.15) is 18.5 Å². The molecular formula is C11H16N4O3. The van der Waals surface area contributed by atoms with Crippen molar-refractivity contribution in [1.82, 2.24) is 20.0 Å². The van der Waals surface area contributed by atoms with Gasteiger partial charge in [-0.25, -0.2) is 9.59 Å². The van der Waals surface area contributed by atoms with Crippen LogP contribution in [0.25, 0.3) is 0 Å². The number of nitrogens with one attached hydrogen (secondary N) is 1. The van der Waals surface area contributed by atoms with Gasteiger partial charge < -0.3 is 15.3 Å². The molecule has 2 N–H and O–H groups in total. The summed E-state index contributed by atoms with van der Waals surface area (Å²) in [6, 6.07) is 0.775. The van der Waals surface area contributed by atoms with Crippen LogP contribution in [0.3, 0.4) is 0 Å². The maximum Gasteiger partial charge on any atom is 0.326 e. The van der Waals surface area contributed by atoms with Crippen molar-refractivity contribution in [3.8, 4) is 0 Å². The van der Waals surface area contributed by atoms with E-state index in [1.807, 2.05) is 0 Å². The Hall–Kier alpha value is -2.05. The lowest BCUT2D eigenvalue weighted by atomic mass is 10.2. The third-order valence-corrected chi connectivity index (χ3v) is 3.14. The van der Waals surface area contributed by atoms with Crippen LogP contribution in [0.2, 0.25) is 0 Å². The first-order valence-electron chi connectivity index (χ1n) is 5.83. The Morgan fingerprint density at radius 2 is 2.39 bits per heavy atom. The zero-order valence-corrected chi connectivity index (χ0v) is 10.2. The predicted octanol–water partition coefficient (Wildman–Crippen LogP) is 0.179. The number of carbonyl (C=O) groups is 2. The van der Waals surface area contributed by atoms with Crippen LogP contribution < -0.4 is 5.32 Å². The molecule has 0 saturated carbocycles. The lowest BCUT2D eigenvalue weighted by molar-refractivity contribution is -0.141. The maximum atomic E-state index is 11.9. The van der Waals surface area contributed by atoms with Crippen molar-refractivity contribution in [2.24, 2.45) is 7.05 Å². The lowest BCUT2D eigenvalue weighted by Gasteiger charge is -2.21. The van der Waals surface area contributed by atoms with E-state index in [-0.39, 0.29) is 6.03 Å². The van der Waals surface area contributed by atoms with Crippen LogP contribution in [0.4, 0.5) is 4.79 Å². The van der Waals surface area contributed by atoms with E-state index in [1.54, 1.807) is 24.0 Å². The highest BCUT2D eigenvalue weighted by Crippen LogP contribution is 2.17. The van der Waals surface area contributed by atoms with Crippen LogP contribution >= 0.6 is 0 Å². The lowest BCUT2D eigenvalue weighted by Crippen LogP contribution is -2.45. The van der Waals surface area contributed by atoms with Crippen LogP contribution in [0, 0.1) is 0 Å². The van der Waals surface area contributed by atoms with Gasteiger partial charge in [0.2, 0.25) is 0 Å². The first-order chi connectivity index (χ1) is 8.59. The van der Waals surface area contributed by atoms with Crippen molar-refractivity contribution in [2.75, 3.05) is 6.54 Å². The van der Waals surface area contributed by atoms with Gasteiger partial charge in [0.05, 0.1) is 12.2 Å². The van der Waals surface area contributed by atoms with Crippen LogP contribution in [-0.2, 0) is 18.4 Å². The summed E-state index contributed by atoms with van der Waals surface area (Å²) >= 11 is 0. The molecule has 18 heavy (non-hydrogen) atoms. The van der Waals surface area contributed by atoms with E-state index in [4.69, 9.17) is 5.11 Å². The number of amides is 2. The van der Waals surface area contributed by atoms with Gasteiger partial charge in [0, 0.05) is 19.8 Å². The smallest absolute Gasteiger partial charge is 0.326 e. The zero-order chi connectivity index (χ0) is 13.1. The average molecular weight is 252 g/mol. The number of aromatic nitrogens is 2. The fourth-order valence-electron chi connectivity index (χ4n) is 2.11. The third kappa shape index (κ3) is 2.44. The SMILES string of the molecule is Cn1nccc1CNC(=O)N1CCC[C@@H]1C(=O)O. The zero-order valence-electron chi connectivity index (χ0n) is 10.2. The molecule has 2 heterocycles. The Kier molecular flexibility index (Phi) is 3.50. The van der Waals surface area contributed by atoms with Crippen molar-refractivity contribution in [3.63, 3.8) is 0 Å². The molecule has 0 unspecified atom stereocenters. The molecule has 7 heteroatoms. The molecule has 2 amide bonds. The quantitative estimate of drug-likeness (QED) is 0.803. The summed E-state index contributed by atoms with van der Waals surface area (Å²) in [7, 11) is 1.79. The van der Waals surface area contributed by atoms with Crippen molar-refractivity contribution < 1.29 is 14.7 Å². The molecule has 0 radical (unpaired) electrons. The molecule has 1 aromatic heterocycles. The number of carboxylic acids is 1. The summed E-state index contributed by atoms with van der Waals surface area (Å²) in [5.74, 6) is -0.941. The molecular weight excluding hydrogens is 236 g/mol. The normalized spacial score (nSPS) is 18.9. The Morgan fingerprint density at radius 3 is 3.00 bits per heavy atom. The Balaban J connectivity index is 1.92. The van der Waals surface area contributed by atoms with E-state index in [2.05, 4.69) is 10.4 Å². The minimum Gasteiger partial charge on any atom is -0.480 e. The Bertz CT molecular complexity index is 457. The standard InChI is InChI=1S/C11H16N4O3/c1-14-8(4-5-13-14)7-12-11(18)15-6-2-3-9(15)10(16)17/h4-5,9H,2-3,6-7H2,1H3,(H,12,18)(H,16,17)/t9-/m1/s1. The molecule has 1 atom stereocenters. The fraction of sp³-hybridized carbons (Fsp3) is 0.545. The van der Waals surface area contributed by atoms with Crippen LogP contribution in [0.5, 0.6) is 0 Å². The minimum atomic E-state index is -0.941. The summed E-state index contributed by atoms with van der Waals surface area (Å²) in [5.41, 5.74) is 0.870. The van der Waals surface area contributed by atoms with Gasteiger partial charge in [-0.05, 0) is 18.9 Å². The van der Waals surface area contributed by atoms with Gasteiger partial charge in [-0.15, -0.1) is 0 Å². The molecule has 0 spiro atoms. The number of hydrogen-bond acceptors (Lipinski definition) is 3. The Morgan fingerprint density at radius 1 is 1.61 bits per heavy atom. The average Bonchev–Trinajstić information content (AvgIpc) is 2.94. The molecule has 0 aliphatic carbocycles. The first kappa shape index (κ1) is 12.4. The molecule has 0 aromatic carbocycles. The molecule has 2 rings (SSSR count). The number of carboxylic acid groups (broad SMARTS) is 1. The van der Waals surface area contributed by atoms with Gasteiger partial charge in [-0.1, -0.05) is 0 Å². The summed E-state index contributed by atoms with van der Waals surface area (Å²) in [6.45, 7) is 0.840. The van der Waals surface area contributed by atoms with Gasteiger partial charge in [0.1, 0.15) is 6.04 Å². The van der Waals surface area contributed by atoms with Gasteiger partial charge in [0.15, 0.2) is 0 Å². The van der Waals surface area contributed by atoms with Gasteiger partial charge in [-0.2, -0.15) is 5.10 Å². The monoisotopic (exact) mass is 252 g/mol. The summed E-state index contributed by atoms with van der Waals surface area (Å²) in [4.78, 5) is 24.2. The number of urea groups is 1. The van der Waals surface area contributed by atoms with E-state index < -0.39 is 12.0 Å². The second-order valence-electron chi connectivity index (χ2n) is 4.29. The number of rotatable bonds is 3. The second-order valence-corrected chi connectivity index (χ2v) is 4.29. The molecule has 1 aromatic rings. The summed E-state index contributed by atoms with van der Waals surface area (Å²) in [5, 5.41) is 15.7. The van der Waals surface area contributed by atoms with E-state index >= 15 is 0 Å². The number of likely N-dealkylation sites (tertiary alicyclic amines) is 1. The van der Waals surface area contributed by atoms with Crippen LogP contribution in [0.15, 0.2) is 12.3 Å². The second kappa shape index (κ2) is 5.07. The molecule has 98 valence electrons. The topological polar surface area (TPSA) is 87.5 Å². The van der Waals surface area contributed by atoms with Crippen molar-refractivity contribution >= 4 is 12.0 Å². The highest BCUT2D eigenvalue weighted by atomic mass is 16.4. The molecule has 1 saturated heterocycles. The van der Waals surface area contributed by atoms with E-state index in [0.717, 1.165) is 12.1 Å². The van der Waals surface area contributed by atoms with E-state index in [1.165, 1.54) is 4.90 Å². The Labute approximate surface area is 104 Å². The first-order valence-corrected chi connectivity index (χ1v) is 5.83. The molecule has 1 fully saturated rings. The summed E-state index contributed by atoms with van der Waals surface area (Å²) < 4.78 is 1.67. The number of nitrogens with zero attached hydrogens (tertiary/aromatic N) is 3. The van der Waals surface area contributed by atoms with E-state index in [0.29, 0.717) is 19.5 Å². The van der Waals surface area contributed by atoms with Crippen molar-refractivity contribution in [2.45, 2.75) is 25.4 Å². The predicted molar refractivity (Wildman–Crippen MR) is 62.8 cm³/mol. The van der Waals surface area contributed by atoms with E-state index in [9.17, 15) is 9.59 Å². The van der Waals surface area contributed by atoms with Crippen LogP contribution in [-0.4, -0.2) is 44.4 Å². The molecule has 1 aliphatic rings. The highest BCUT2D eigenvalue weighted by molar-refractivity contribution is 5.83. The minimum absolute atomic E-state index is 0.332. The number of carbonyl (C=O) groups excluding carboxylic acids is 1. The number of aryl methyl sites for hydroxylation is 1. The molecule has 1 aliphatic heterocycles. The largest absolute Gasteiger partial charge is 0.480 e. The van der Waals surface area contributed by atoms with Gasteiger partial charge in [-0.3, -0.25) is 4.68 Å². The van der Waals surface area contributed by atoms with Crippen molar-refractivity contribution in [3.05, 3.63) is 18.0 Å². The number of hydrogen-bond donors (Lipinski definition) is 2. The summed E-state index contributed by atoms with van der Waals surface area (Å²) in [6.07, 6.45) is 2.90. The number of aliphatic carboxylic acids is 1.